The molecule has 26 heavy (non-hydrogen) atoms. The van der Waals surface area contributed by atoms with Crippen LogP contribution < -0.4 is 0 Å². The lowest BCUT2D eigenvalue weighted by Gasteiger charge is -2.51. The van der Waals surface area contributed by atoms with Gasteiger partial charge in [0.15, 0.2) is 24.2 Å². The van der Waals surface area contributed by atoms with E-state index < -0.39 is 36.4 Å². The lowest BCUT2D eigenvalue weighted by Crippen LogP contribution is -2.68. The van der Waals surface area contributed by atoms with Gasteiger partial charge in [-0.3, -0.25) is 0 Å². The molecule has 5 saturated heterocycles. The fourth-order valence-electron chi connectivity index (χ4n) is 4.72. The first kappa shape index (κ1) is 17.8. The van der Waals surface area contributed by atoms with Crippen LogP contribution in [0.25, 0.3) is 0 Å². The Balaban J connectivity index is 1.40. The Morgan fingerprint density at radius 2 is 0.808 bits per heavy atom. The van der Waals surface area contributed by atoms with E-state index in [0.29, 0.717) is 0 Å². The zero-order valence-electron chi connectivity index (χ0n) is 16.0. The summed E-state index contributed by atoms with van der Waals surface area (Å²) in [6.45, 7) is 11.5. The van der Waals surface area contributed by atoms with Gasteiger partial charge in [-0.2, -0.15) is 0 Å². The second kappa shape index (κ2) is 5.61. The summed E-state index contributed by atoms with van der Waals surface area (Å²) >= 11 is 0. The van der Waals surface area contributed by atoms with Crippen molar-refractivity contribution in [1.29, 1.82) is 0 Å². The van der Waals surface area contributed by atoms with E-state index in [-0.39, 0.29) is 36.6 Å². The third-order valence-corrected chi connectivity index (χ3v) is 5.72. The minimum Gasteiger partial charge on any atom is -0.344 e. The molecule has 5 aliphatic heterocycles. The molecule has 0 aliphatic carbocycles. The normalized spacial score (nSPS) is 57.0. The van der Waals surface area contributed by atoms with Crippen LogP contribution in [0.5, 0.6) is 0 Å². The highest BCUT2D eigenvalue weighted by atomic mass is 16.8. The lowest BCUT2D eigenvalue weighted by molar-refractivity contribution is -0.414. The molecular weight excluding hydrogens is 344 g/mol. The van der Waals surface area contributed by atoms with Crippen LogP contribution in [0.15, 0.2) is 0 Å². The summed E-state index contributed by atoms with van der Waals surface area (Å²) in [4.78, 5) is 0. The highest BCUT2D eigenvalue weighted by Gasteiger charge is 2.63. The Morgan fingerprint density at radius 3 is 1.19 bits per heavy atom. The summed E-state index contributed by atoms with van der Waals surface area (Å²) < 4.78 is 48.9. The van der Waals surface area contributed by atoms with Crippen molar-refractivity contribution in [2.24, 2.45) is 0 Å². The molecule has 0 unspecified atom stereocenters. The van der Waals surface area contributed by atoms with Crippen LogP contribution in [0.2, 0.25) is 0 Å². The topological polar surface area (TPSA) is 73.8 Å². The number of fused-ring (bicyclic) bond motifs is 6. The second-order valence-electron chi connectivity index (χ2n) is 8.75. The van der Waals surface area contributed by atoms with Gasteiger partial charge in [-0.15, -0.1) is 0 Å². The van der Waals surface area contributed by atoms with E-state index in [9.17, 15) is 0 Å². The molecule has 0 spiro atoms. The van der Waals surface area contributed by atoms with Crippen molar-refractivity contribution in [2.75, 3.05) is 0 Å². The van der Waals surface area contributed by atoms with Gasteiger partial charge in [0.25, 0.3) is 0 Å². The Labute approximate surface area is 153 Å². The van der Waals surface area contributed by atoms with E-state index in [1.165, 1.54) is 0 Å². The molecule has 5 rings (SSSR count). The fraction of sp³-hybridized carbons (Fsp3) is 1.00. The first-order valence-corrected chi connectivity index (χ1v) is 9.47. The van der Waals surface area contributed by atoms with Gasteiger partial charge in [-0.05, 0) is 41.5 Å². The van der Waals surface area contributed by atoms with Gasteiger partial charge in [-0.25, -0.2) is 0 Å². The van der Waals surface area contributed by atoms with E-state index in [1.807, 2.05) is 41.5 Å². The molecule has 0 aromatic heterocycles. The van der Waals surface area contributed by atoms with Crippen LogP contribution in [0, 0.1) is 0 Å². The molecule has 5 fully saturated rings. The summed E-state index contributed by atoms with van der Waals surface area (Å²) in [6.07, 6.45) is -3.24. The predicted octanol–water partition coefficient (Wildman–Crippen LogP) is 1.30. The molecule has 10 atom stereocenters. The fourth-order valence-corrected chi connectivity index (χ4v) is 4.72. The smallest absolute Gasteiger partial charge is 0.187 e. The molecule has 8 nitrogen and oxygen atoms in total. The largest absolute Gasteiger partial charge is 0.344 e. The Kier molecular flexibility index (Phi) is 3.83. The molecule has 148 valence electrons. The van der Waals surface area contributed by atoms with E-state index in [0.717, 1.165) is 0 Å². The summed E-state index contributed by atoms with van der Waals surface area (Å²) in [5.41, 5.74) is 0. The standard InChI is InChI=1S/C18H28O8/c1-7-9-11(25-17(3,4)23-9)13-15(19-7)21-14-12-10(24-18(5,6)26-12)8(2)20-16(14)22-13/h7-16H,1-6H3/t7-,8-,9+,10+,11+,12+,13-,14-,15-,16-/m0/s1. The molecule has 0 amide bonds. The molecule has 0 radical (unpaired) electrons. The molecule has 0 aromatic rings. The van der Waals surface area contributed by atoms with Gasteiger partial charge in [0, 0.05) is 0 Å². The van der Waals surface area contributed by atoms with E-state index >= 15 is 0 Å². The summed E-state index contributed by atoms with van der Waals surface area (Å²) in [7, 11) is 0. The molecular formula is C18H28O8. The van der Waals surface area contributed by atoms with Gasteiger partial charge in [0.2, 0.25) is 0 Å². The average Bonchev–Trinajstić information content (AvgIpc) is 3.03. The van der Waals surface area contributed by atoms with E-state index in [4.69, 9.17) is 37.9 Å². The van der Waals surface area contributed by atoms with Crippen molar-refractivity contribution in [3.8, 4) is 0 Å². The van der Waals surface area contributed by atoms with E-state index in [2.05, 4.69) is 0 Å². The number of hydrogen-bond donors (Lipinski definition) is 0. The average molecular weight is 372 g/mol. The molecule has 5 aliphatic rings. The third kappa shape index (κ3) is 2.66. The van der Waals surface area contributed by atoms with Crippen LogP contribution in [0.4, 0.5) is 0 Å². The number of hydrogen-bond acceptors (Lipinski definition) is 8. The summed E-state index contributed by atoms with van der Waals surface area (Å²) in [6, 6.07) is 0. The van der Waals surface area contributed by atoms with Gasteiger partial charge in [0.1, 0.15) is 36.6 Å². The third-order valence-electron chi connectivity index (χ3n) is 5.72. The van der Waals surface area contributed by atoms with Crippen LogP contribution in [0.3, 0.4) is 0 Å². The molecule has 0 saturated carbocycles. The van der Waals surface area contributed by atoms with Crippen LogP contribution in [-0.4, -0.2) is 73.0 Å². The molecule has 0 N–H and O–H groups in total. The minimum atomic E-state index is -0.680. The van der Waals surface area contributed by atoms with Crippen LogP contribution in [0.1, 0.15) is 41.5 Å². The van der Waals surface area contributed by atoms with Crippen molar-refractivity contribution in [1.82, 2.24) is 0 Å². The van der Waals surface area contributed by atoms with Crippen molar-refractivity contribution in [2.45, 2.75) is 115 Å². The Morgan fingerprint density at radius 1 is 0.462 bits per heavy atom. The molecule has 8 heteroatoms. The lowest BCUT2D eigenvalue weighted by atomic mass is 9.95. The first-order chi connectivity index (χ1) is 12.1. The van der Waals surface area contributed by atoms with Crippen molar-refractivity contribution < 1.29 is 37.9 Å². The SMILES string of the molecule is C[C@@H]1O[C@H]2O[C@@H]3[C@H](O[C@H]2[C@@H]2OC(C)(C)O[C@@H]21)O[C@@H](C)[C@H]1OC(C)(C)O[C@@H]31. The van der Waals surface area contributed by atoms with Crippen LogP contribution in [-0.2, 0) is 37.9 Å². The summed E-state index contributed by atoms with van der Waals surface area (Å²) in [5, 5.41) is 0. The maximum Gasteiger partial charge on any atom is 0.187 e. The quantitative estimate of drug-likeness (QED) is 0.630. The number of rotatable bonds is 0. The van der Waals surface area contributed by atoms with Gasteiger partial charge in [-0.1, -0.05) is 0 Å². The van der Waals surface area contributed by atoms with Gasteiger partial charge < -0.3 is 37.9 Å². The Bertz CT molecular complexity index is 530. The zero-order chi connectivity index (χ0) is 18.4. The zero-order valence-corrected chi connectivity index (χ0v) is 16.0. The minimum absolute atomic E-state index is 0.167. The molecule has 0 aromatic carbocycles. The number of ether oxygens (including phenoxy) is 8. The first-order valence-electron chi connectivity index (χ1n) is 9.47. The van der Waals surface area contributed by atoms with Crippen molar-refractivity contribution in [3.05, 3.63) is 0 Å². The van der Waals surface area contributed by atoms with E-state index in [1.54, 1.807) is 0 Å². The van der Waals surface area contributed by atoms with Crippen LogP contribution >= 0.6 is 0 Å². The monoisotopic (exact) mass is 372 g/mol. The maximum atomic E-state index is 6.28. The Hall–Kier alpha value is -0.320. The second-order valence-corrected chi connectivity index (χ2v) is 8.75. The highest BCUT2D eigenvalue weighted by Crippen LogP contribution is 2.46. The van der Waals surface area contributed by atoms with Gasteiger partial charge >= 0.3 is 0 Å². The molecule has 0 bridgehead atoms. The van der Waals surface area contributed by atoms with Gasteiger partial charge in [0.05, 0.1) is 12.2 Å². The molecule has 5 heterocycles. The highest BCUT2D eigenvalue weighted by molar-refractivity contribution is 5.02. The predicted molar refractivity (Wildman–Crippen MR) is 86.1 cm³/mol. The van der Waals surface area contributed by atoms with Crippen molar-refractivity contribution >= 4 is 0 Å². The maximum absolute atomic E-state index is 6.28. The van der Waals surface area contributed by atoms with Crippen molar-refractivity contribution in [3.63, 3.8) is 0 Å². The summed E-state index contributed by atoms with van der Waals surface area (Å²) in [5.74, 6) is -1.36.